The van der Waals surface area contributed by atoms with Crippen molar-refractivity contribution in [2.45, 2.75) is 69.7 Å². The number of rotatable bonds is 12. The highest BCUT2D eigenvalue weighted by atomic mass is 35.5. The fourth-order valence-electron chi connectivity index (χ4n) is 3.27. The lowest BCUT2D eigenvalue weighted by atomic mass is 9.89. The number of aliphatic hydroxyl groups is 3. The number of alkyl halides is 1. The molecule has 5 nitrogen and oxygen atoms in total. The monoisotopic (exact) mass is 374 g/mol. The van der Waals surface area contributed by atoms with Gasteiger partial charge < -0.3 is 20.4 Å². The number of hydrogen-bond donors (Lipinski definition) is 4. The van der Waals surface area contributed by atoms with E-state index in [0.29, 0.717) is 44.4 Å². The SMILES string of the molecule is O=C(O)CCCC=CC[C@@H]1[C@@H](C=CCC(O)CCCCl)[C@H](O)C[C@@H]1O. The highest BCUT2D eigenvalue weighted by molar-refractivity contribution is 6.17. The molecule has 0 bridgehead atoms. The van der Waals surface area contributed by atoms with E-state index in [1.54, 1.807) is 0 Å². The topological polar surface area (TPSA) is 98.0 Å². The molecule has 0 aromatic rings. The number of carbonyl (C=O) groups is 1. The van der Waals surface area contributed by atoms with Gasteiger partial charge in [-0.1, -0.05) is 24.3 Å². The largest absolute Gasteiger partial charge is 0.481 e. The van der Waals surface area contributed by atoms with Crippen LogP contribution in [0.3, 0.4) is 0 Å². The van der Waals surface area contributed by atoms with Gasteiger partial charge in [0.25, 0.3) is 0 Å². The molecule has 0 saturated heterocycles. The number of hydrogen-bond acceptors (Lipinski definition) is 4. The zero-order valence-electron chi connectivity index (χ0n) is 14.6. The van der Waals surface area contributed by atoms with Crippen LogP contribution in [0.25, 0.3) is 0 Å². The lowest BCUT2D eigenvalue weighted by Crippen LogP contribution is -2.20. The maximum Gasteiger partial charge on any atom is 0.303 e. The number of allylic oxidation sites excluding steroid dienone is 2. The molecule has 1 unspecified atom stereocenters. The van der Waals surface area contributed by atoms with Crippen molar-refractivity contribution in [1.82, 2.24) is 0 Å². The second kappa shape index (κ2) is 12.5. The van der Waals surface area contributed by atoms with Gasteiger partial charge in [0.1, 0.15) is 0 Å². The Morgan fingerprint density at radius 2 is 1.92 bits per heavy atom. The molecule has 0 heterocycles. The first-order valence-electron chi connectivity index (χ1n) is 9.09. The Hall–Kier alpha value is -0.880. The summed E-state index contributed by atoms with van der Waals surface area (Å²) in [6, 6.07) is 0. The first-order chi connectivity index (χ1) is 12.0. The predicted molar refractivity (Wildman–Crippen MR) is 98.6 cm³/mol. The molecule has 1 fully saturated rings. The summed E-state index contributed by atoms with van der Waals surface area (Å²) in [7, 11) is 0. The molecule has 1 rings (SSSR count). The average molecular weight is 375 g/mol. The summed E-state index contributed by atoms with van der Waals surface area (Å²) in [4.78, 5) is 10.5. The van der Waals surface area contributed by atoms with Crippen molar-refractivity contribution in [3.63, 3.8) is 0 Å². The van der Waals surface area contributed by atoms with Gasteiger partial charge in [-0.3, -0.25) is 4.79 Å². The predicted octanol–water partition coefficient (Wildman–Crippen LogP) is 2.87. The van der Waals surface area contributed by atoms with Gasteiger partial charge >= 0.3 is 5.97 Å². The molecule has 25 heavy (non-hydrogen) atoms. The molecule has 1 aliphatic carbocycles. The molecule has 5 atom stereocenters. The summed E-state index contributed by atoms with van der Waals surface area (Å²) < 4.78 is 0. The minimum Gasteiger partial charge on any atom is -0.481 e. The molecule has 0 aromatic carbocycles. The van der Waals surface area contributed by atoms with Gasteiger partial charge in [-0.2, -0.15) is 0 Å². The summed E-state index contributed by atoms with van der Waals surface area (Å²) in [5.74, 6) is -0.433. The maximum absolute atomic E-state index is 10.5. The number of aliphatic hydroxyl groups excluding tert-OH is 3. The van der Waals surface area contributed by atoms with Crippen molar-refractivity contribution in [1.29, 1.82) is 0 Å². The number of aliphatic carboxylic acids is 1. The molecule has 144 valence electrons. The fourth-order valence-corrected chi connectivity index (χ4v) is 3.43. The van der Waals surface area contributed by atoms with Crippen LogP contribution in [0.2, 0.25) is 0 Å². The second-order valence-corrected chi connectivity index (χ2v) is 7.13. The van der Waals surface area contributed by atoms with Crippen LogP contribution in [0, 0.1) is 11.8 Å². The summed E-state index contributed by atoms with van der Waals surface area (Å²) in [5, 5.41) is 38.7. The van der Waals surface area contributed by atoms with E-state index in [-0.39, 0.29) is 18.3 Å². The lowest BCUT2D eigenvalue weighted by molar-refractivity contribution is -0.137. The Balaban J connectivity index is 2.44. The number of carboxylic acids is 1. The molecule has 0 spiro atoms. The van der Waals surface area contributed by atoms with Crippen molar-refractivity contribution in [3.8, 4) is 0 Å². The number of carboxylic acid groups (broad SMARTS) is 1. The molecule has 0 aromatic heterocycles. The minimum absolute atomic E-state index is 0.0537. The molecule has 0 amide bonds. The third-order valence-electron chi connectivity index (χ3n) is 4.69. The van der Waals surface area contributed by atoms with E-state index in [1.807, 2.05) is 24.3 Å². The summed E-state index contributed by atoms with van der Waals surface area (Å²) >= 11 is 5.61. The minimum atomic E-state index is -0.791. The van der Waals surface area contributed by atoms with Crippen LogP contribution in [0.15, 0.2) is 24.3 Å². The maximum atomic E-state index is 10.5. The van der Waals surface area contributed by atoms with Crippen LogP contribution < -0.4 is 0 Å². The summed E-state index contributed by atoms with van der Waals surface area (Å²) in [5.41, 5.74) is 0. The molecule has 1 aliphatic rings. The van der Waals surface area contributed by atoms with E-state index in [9.17, 15) is 20.1 Å². The van der Waals surface area contributed by atoms with Crippen LogP contribution in [0.4, 0.5) is 0 Å². The van der Waals surface area contributed by atoms with E-state index in [4.69, 9.17) is 16.7 Å². The van der Waals surface area contributed by atoms with Crippen LogP contribution in [0.5, 0.6) is 0 Å². The van der Waals surface area contributed by atoms with Crippen LogP contribution in [-0.4, -0.2) is 50.6 Å². The third kappa shape index (κ3) is 8.86. The van der Waals surface area contributed by atoms with E-state index in [2.05, 4.69) is 0 Å². The van der Waals surface area contributed by atoms with E-state index < -0.39 is 24.3 Å². The van der Waals surface area contributed by atoms with Crippen molar-refractivity contribution >= 4 is 17.6 Å². The van der Waals surface area contributed by atoms with E-state index in [1.165, 1.54) is 0 Å². The van der Waals surface area contributed by atoms with Gasteiger partial charge in [-0.05, 0) is 44.4 Å². The lowest BCUT2D eigenvalue weighted by Gasteiger charge is -2.19. The number of halogens is 1. The first-order valence-corrected chi connectivity index (χ1v) is 9.62. The number of unbranched alkanes of at least 4 members (excludes halogenated alkanes) is 1. The average Bonchev–Trinajstić information content (AvgIpc) is 2.82. The van der Waals surface area contributed by atoms with Crippen molar-refractivity contribution in [2.24, 2.45) is 11.8 Å². The van der Waals surface area contributed by atoms with Crippen LogP contribution in [-0.2, 0) is 4.79 Å². The Morgan fingerprint density at radius 1 is 1.16 bits per heavy atom. The normalized spacial score (nSPS) is 28.2. The van der Waals surface area contributed by atoms with E-state index in [0.717, 1.165) is 6.42 Å². The zero-order valence-corrected chi connectivity index (χ0v) is 15.4. The standard InChI is InChI=1S/C19H31ClO5/c20-12-6-8-14(21)7-5-10-16-15(17(22)13-18(16)23)9-3-1-2-4-11-19(24)25/h1,3,5,10,14-18,21-23H,2,4,6-9,11-13H2,(H,24,25)/t14?,15-,16-,17+,18-/m1/s1. The van der Waals surface area contributed by atoms with Gasteiger partial charge in [-0.15, -0.1) is 11.6 Å². The van der Waals surface area contributed by atoms with Gasteiger partial charge in [0, 0.05) is 24.6 Å². The zero-order chi connectivity index (χ0) is 18.7. The van der Waals surface area contributed by atoms with E-state index >= 15 is 0 Å². The molecule has 1 saturated carbocycles. The van der Waals surface area contributed by atoms with Crippen LogP contribution in [0.1, 0.15) is 51.4 Å². The van der Waals surface area contributed by atoms with Crippen molar-refractivity contribution in [2.75, 3.05) is 5.88 Å². The molecule has 0 radical (unpaired) electrons. The molecule has 0 aliphatic heterocycles. The fraction of sp³-hybridized carbons (Fsp3) is 0.737. The molecule has 6 heteroatoms. The highest BCUT2D eigenvalue weighted by Crippen LogP contribution is 2.36. The van der Waals surface area contributed by atoms with Gasteiger partial charge in [0.15, 0.2) is 0 Å². The third-order valence-corrected chi connectivity index (χ3v) is 4.96. The molecular weight excluding hydrogens is 344 g/mol. The van der Waals surface area contributed by atoms with Crippen LogP contribution >= 0.6 is 11.6 Å². The molecule has 4 N–H and O–H groups in total. The Labute approximate surface area is 155 Å². The van der Waals surface area contributed by atoms with Gasteiger partial charge in [0.05, 0.1) is 18.3 Å². The Kier molecular flexibility index (Phi) is 11.1. The van der Waals surface area contributed by atoms with Gasteiger partial charge in [0.2, 0.25) is 0 Å². The highest BCUT2D eigenvalue weighted by Gasteiger charge is 2.39. The smallest absolute Gasteiger partial charge is 0.303 e. The van der Waals surface area contributed by atoms with Gasteiger partial charge in [-0.25, -0.2) is 0 Å². The molecular formula is C19H31ClO5. The second-order valence-electron chi connectivity index (χ2n) is 6.75. The Bertz CT molecular complexity index is 438. The quantitative estimate of drug-likeness (QED) is 0.239. The van der Waals surface area contributed by atoms with Crippen molar-refractivity contribution < 1.29 is 25.2 Å². The van der Waals surface area contributed by atoms with Crippen molar-refractivity contribution in [3.05, 3.63) is 24.3 Å². The summed E-state index contributed by atoms with van der Waals surface area (Å²) in [6.07, 6.45) is 10.6. The first kappa shape index (κ1) is 22.2. The Morgan fingerprint density at radius 3 is 2.60 bits per heavy atom. The summed E-state index contributed by atoms with van der Waals surface area (Å²) in [6.45, 7) is 0.